The number of piperidine rings is 1. The van der Waals surface area contributed by atoms with Crippen molar-refractivity contribution in [1.29, 1.82) is 0 Å². The number of carbonyl (C=O) groups is 1. The first-order valence-corrected chi connectivity index (χ1v) is 12.0. The highest BCUT2D eigenvalue weighted by Crippen LogP contribution is 2.37. The molecule has 0 aliphatic carbocycles. The van der Waals surface area contributed by atoms with Gasteiger partial charge in [0, 0.05) is 30.5 Å². The molecule has 1 fully saturated rings. The standard InChI is InChI=1S/C27H26ClF3N4O/c1-2-12-35-13-4-3-11-23(35)25(19-8-5-7-18(14-19)20-15-32-17-33-16-20)34-26(36)21-9-6-10-22(24(21)28)27(29,30)31/h2,5-10,14-17,23,25H,1,3-4,11-13H2,(H,34,36)/t23-,25?/m0/s1. The normalized spacial score (nSPS) is 17.4. The van der Waals surface area contributed by atoms with Gasteiger partial charge in [0.2, 0.25) is 0 Å². The smallest absolute Gasteiger partial charge is 0.344 e. The molecule has 1 aromatic heterocycles. The number of nitrogens with one attached hydrogen (secondary N) is 1. The lowest BCUT2D eigenvalue weighted by molar-refractivity contribution is -0.137. The molecule has 3 aromatic rings. The molecule has 36 heavy (non-hydrogen) atoms. The lowest BCUT2D eigenvalue weighted by atomic mass is 9.89. The van der Waals surface area contributed by atoms with Crippen molar-refractivity contribution in [1.82, 2.24) is 20.2 Å². The summed E-state index contributed by atoms with van der Waals surface area (Å²) in [6.45, 7) is 5.33. The van der Waals surface area contributed by atoms with Crippen LogP contribution >= 0.6 is 11.6 Å². The Bertz CT molecular complexity index is 1220. The maximum absolute atomic E-state index is 13.4. The number of benzene rings is 2. The number of rotatable bonds is 7. The Morgan fingerprint density at radius 1 is 1.17 bits per heavy atom. The van der Waals surface area contributed by atoms with E-state index in [0.717, 1.165) is 48.6 Å². The zero-order chi connectivity index (χ0) is 25.7. The van der Waals surface area contributed by atoms with Crippen LogP contribution in [-0.4, -0.2) is 39.9 Å². The molecule has 2 atom stereocenters. The number of aromatic nitrogens is 2. The minimum Gasteiger partial charge on any atom is -0.344 e. The third-order valence-electron chi connectivity index (χ3n) is 6.39. The van der Waals surface area contributed by atoms with Gasteiger partial charge in [-0.1, -0.05) is 48.4 Å². The van der Waals surface area contributed by atoms with E-state index in [0.29, 0.717) is 6.54 Å². The summed E-state index contributed by atoms with van der Waals surface area (Å²) in [5.41, 5.74) is 1.27. The molecule has 2 aromatic carbocycles. The van der Waals surface area contributed by atoms with E-state index >= 15 is 0 Å². The summed E-state index contributed by atoms with van der Waals surface area (Å²) in [5, 5.41) is 2.40. The van der Waals surface area contributed by atoms with Gasteiger partial charge >= 0.3 is 6.18 Å². The molecule has 188 valence electrons. The van der Waals surface area contributed by atoms with Gasteiger partial charge in [0.1, 0.15) is 6.33 Å². The van der Waals surface area contributed by atoms with Gasteiger partial charge in [-0.25, -0.2) is 9.97 Å². The van der Waals surface area contributed by atoms with Crippen molar-refractivity contribution >= 4 is 17.5 Å². The van der Waals surface area contributed by atoms with Gasteiger partial charge in [0.25, 0.3) is 5.91 Å². The van der Waals surface area contributed by atoms with Crippen LogP contribution in [0.15, 0.2) is 73.8 Å². The van der Waals surface area contributed by atoms with Crippen molar-refractivity contribution in [3.05, 3.63) is 95.6 Å². The van der Waals surface area contributed by atoms with Crippen molar-refractivity contribution in [2.45, 2.75) is 37.5 Å². The molecule has 1 unspecified atom stereocenters. The molecule has 2 heterocycles. The van der Waals surface area contributed by atoms with Crippen LogP contribution in [0.4, 0.5) is 13.2 Å². The molecule has 4 rings (SSSR count). The second-order valence-electron chi connectivity index (χ2n) is 8.72. The molecule has 1 N–H and O–H groups in total. The monoisotopic (exact) mass is 514 g/mol. The van der Waals surface area contributed by atoms with Crippen molar-refractivity contribution < 1.29 is 18.0 Å². The quantitative estimate of drug-likeness (QED) is 0.374. The van der Waals surface area contributed by atoms with Gasteiger partial charge < -0.3 is 5.32 Å². The van der Waals surface area contributed by atoms with Crippen LogP contribution < -0.4 is 5.32 Å². The first-order valence-electron chi connectivity index (χ1n) is 11.7. The highest BCUT2D eigenvalue weighted by atomic mass is 35.5. The Morgan fingerprint density at radius 2 is 1.92 bits per heavy atom. The van der Waals surface area contributed by atoms with Gasteiger partial charge in [-0.05, 0) is 48.7 Å². The first kappa shape index (κ1) is 25.9. The molecular formula is C27H26ClF3N4O. The molecule has 1 saturated heterocycles. The summed E-state index contributed by atoms with van der Waals surface area (Å²) in [4.78, 5) is 23.8. The fraction of sp³-hybridized carbons (Fsp3) is 0.296. The van der Waals surface area contributed by atoms with Crippen LogP contribution in [0.1, 0.15) is 46.8 Å². The highest BCUT2D eigenvalue weighted by molar-refractivity contribution is 6.34. The van der Waals surface area contributed by atoms with E-state index in [4.69, 9.17) is 11.6 Å². The van der Waals surface area contributed by atoms with Crippen LogP contribution in [0, 0.1) is 0 Å². The second kappa shape index (κ2) is 11.2. The summed E-state index contributed by atoms with van der Waals surface area (Å²) in [5.74, 6) is -0.659. The van der Waals surface area contributed by atoms with Crippen molar-refractivity contribution in [2.75, 3.05) is 13.1 Å². The molecule has 1 aliphatic rings. The maximum atomic E-state index is 13.4. The molecule has 0 bridgehead atoms. The SMILES string of the molecule is C=CCN1CCCC[C@H]1C(NC(=O)c1cccc(C(F)(F)F)c1Cl)c1cccc(-c2cncnc2)c1. The summed E-state index contributed by atoms with van der Waals surface area (Å²) < 4.78 is 40.2. The first-order chi connectivity index (χ1) is 17.3. The largest absolute Gasteiger partial charge is 0.417 e. The third-order valence-corrected chi connectivity index (χ3v) is 6.79. The molecule has 1 aliphatic heterocycles. The number of hydrogen-bond donors (Lipinski definition) is 1. The number of likely N-dealkylation sites (tertiary alicyclic amines) is 1. The van der Waals surface area contributed by atoms with Crippen molar-refractivity contribution in [3.8, 4) is 11.1 Å². The molecule has 0 radical (unpaired) electrons. The van der Waals surface area contributed by atoms with E-state index in [2.05, 4.69) is 26.8 Å². The number of alkyl halides is 3. The van der Waals surface area contributed by atoms with Crippen LogP contribution in [-0.2, 0) is 6.18 Å². The molecule has 5 nitrogen and oxygen atoms in total. The number of nitrogens with zero attached hydrogens (tertiary/aromatic N) is 3. The fourth-order valence-electron chi connectivity index (χ4n) is 4.69. The van der Waals surface area contributed by atoms with Crippen molar-refractivity contribution in [3.63, 3.8) is 0 Å². The van der Waals surface area contributed by atoms with Crippen LogP contribution in [0.3, 0.4) is 0 Å². The Morgan fingerprint density at radius 3 is 2.64 bits per heavy atom. The molecule has 9 heteroatoms. The van der Waals surface area contributed by atoms with E-state index in [1.807, 2.05) is 30.3 Å². The van der Waals surface area contributed by atoms with E-state index in [9.17, 15) is 18.0 Å². The van der Waals surface area contributed by atoms with Gasteiger partial charge in [0.15, 0.2) is 0 Å². The van der Waals surface area contributed by atoms with Gasteiger partial charge in [-0.3, -0.25) is 9.69 Å². The predicted octanol–water partition coefficient (Wildman–Crippen LogP) is 6.33. The van der Waals surface area contributed by atoms with Gasteiger partial charge in [0.05, 0.1) is 22.2 Å². The molecule has 0 spiro atoms. The average Bonchev–Trinajstić information content (AvgIpc) is 2.88. The van der Waals surface area contributed by atoms with E-state index in [1.165, 1.54) is 18.5 Å². The zero-order valence-corrected chi connectivity index (χ0v) is 20.3. The predicted molar refractivity (Wildman–Crippen MR) is 134 cm³/mol. The fourth-order valence-corrected chi connectivity index (χ4v) is 5.01. The summed E-state index contributed by atoms with van der Waals surface area (Å²) in [6, 6.07) is 10.5. The Balaban J connectivity index is 1.73. The van der Waals surface area contributed by atoms with Gasteiger partial charge in [-0.15, -0.1) is 6.58 Å². The Kier molecular flexibility index (Phi) is 8.06. The Hall–Kier alpha value is -3.23. The topological polar surface area (TPSA) is 58.1 Å². The third kappa shape index (κ3) is 5.77. The van der Waals surface area contributed by atoms with E-state index < -0.39 is 28.7 Å². The highest BCUT2D eigenvalue weighted by Gasteiger charge is 2.36. The van der Waals surface area contributed by atoms with Gasteiger partial charge in [-0.2, -0.15) is 13.2 Å². The van der Waals surface area contributed by atoms with E-state index in [-0.39, 0.29) is 11.6 Å². The van der Waals surface area contributed by atoms with Crippen molar-refractivity contribution in [2.24, 2.45) is 0 Å². The zero-order valence-electron chi connectivity index (χ0n) is 19.5. The van der Waals surface area contributed by atoms with E-state index in [1.54, 1.807) is 12.4 Å². The lowest BCUT2D eigenvalue weighted by Crippen LogP contribution is -2.48. The number of carbonyl (C=O) groups excluding carboxylic acids is 1. The molecule has 0 saturated carbocycles. The second-order valence-corrected chi connectivity index (χ2v) is 9.09. The average molecular weight is 515 g/mol. The Labute approximate surface area is 213 Å². The molecular weight excluding hydrogens is 489 g/mol. The summed E-state index contributed by atoms with van der Waals surface area (Å²) in [7, 11) is 0. The summed E-state index contributed by atoms with van der Waals surface area (Å²) in [6.07, 6.45) is 4.81. The number of halogens is 4. The van der Waals surface area contributed by atoms with Crippen LogP contribution in [0.2, 0.25) is 5.02 Å². The number of amides is 1. The minimum atomic E-state index is -4.66. The number of hydrogen-bond acceptors (Lipinski definition) is 4. The van der Waals surface area contributed by atoms with Crippen LogP contribution in [0.5, 0.6) is 0 Å². The summed E-state index contributed by atoms with van der Waals surface area (Å²) >= 11 is 6.07. The minimum absolute atomic E-state index is 0.0763. The molecule has 1 amide bonds. The maximum Gasteiger partial charge on any atom is 0.417 e. The lowest BCUT2D eigenvalue weighted by Gasteiger charge is -2.40. The van der Waals surface area contributed by atoms with Crippen LogP contribution in [0.25, 0.3) is 11.1 Å².